The van der Waals surface area contributed by atoms with Gasteiger partial charge in [-0.05, 0) is 47.4 Å². The Morgan fingerprint density at radius 1 is 0.783 bits per heavy atom. The zero-order chi connectivity index (χ0) is 16.1. The highest BCUT2D eigenvalue weighted by Crippen LogP contribution is 2.22. The monoisotopic (exact) mass is 302 g/mol. The molecule has 23 heavy (non-hydrogen) atoms. The topological polar surface area (TPSA) is 26.3 Å². The van der Waals surface area contributed by atoms with Crippen molar-refractivity contribution in [1.29, 1.82) is 0 Å². The smallest absolute Gasteiger partial charge is 0.343 e. The Labute approximate surface area is 136 Å². The van der Waals surface area contributed by atoms with Gasteiger partial charge in [-0.25, -0.2) is 4.79 Å². The van der Waals surface area contributed by atoms with Crippen LogP contribution in [0, 0.1) is 0 Å². The van der Waals surface area contributed by atoms with Crippen molar-refractivity contribution in [3.8, 4) is 16.9 Å². The molecule has 3 rings (SSSR count). The molecule has 0 spiro atoms. The van der Waals surface area contributed by atoms with Crippen LogP contribution in [0.4, 0.5) is 0 Å². The molecule has 0 N–H and O–H groups in total. The molecule has 0 saturated carbocycles. The van der Waals surface area contributed by atoms with E-state index in [4.69, 9.17) is 4.74 Å². The predicted octanol–water partition coefficient (Wildman–Crippen LogP) is 5.14. The highest BCUT2D eigenvalue weighted by atomic mass is 16.5. The fourth-order valence-corrected chi connectivity index (χ4v) is 2.39. The fraction of sp³-hybridized carbons (Fsp3) is 0.0952. The first-order valence-corrected chi connectivity index (χ1v) is 7.73. The average molecular weight is 302 g/mol. The third-order valence-corrected chi connectivity index (χ3v) is 3.77. The summed E-state index contributed by atoms with van der Waals surface area (Å²) >= 11 is 0. The van der Waals surface area contributed by atoms with Gasteiger partial charge in [-0.15, -0.1) is 0 Å². The van der Waals surface area contributed by atoms with E-state index < -0.39 is 0 Å². The molecule has 0 aromatic heterocycles. The summed E-state index contributed by atoms with van der Waals surface area (Å²) in [5, 5.41) is 0. The minimum absolute atomic E-state index is 0.333. The third-order valence-electron chi connectivity index (χ3n) is 3.77. The van der Waals surface area contributed by atoms with Gasteiger partial charge in [0.25, 0.3) is 0 Å². The van der Waals surface area contributed by atoms with Crippen molar-refractivity contribution >= 4 is 5.97 Å². The number of benzene rings is 3. The molecule has 0 saturated heterocycles. The highest BCUT2D eigenvalue weighted by molar-refractivity contribution is 5.91. The largest absolute Gasteiger partial charge is 0.423 e. The second kappa shape index (κ2) is 6.93. The summed E-state index contributed by atoms with van der Waals surface area (Å²) in [5.74, 6) is 0.217. The van der Waals surface area contributed by atoms with Crippen LogP contribution in [0.2, 0.25) is 0 Å². The first-order chi connectivity index (χ1) is 11.3. The number of carbonyl (C=O) groups is 1. The van der Waals surface area contributed by atoms with Crippen LogP contribution in [-0.4, -0.2) is 5.97 Å². The molecular weight excluding hydrogens is 284 g/mol. The summed E-state index contributed by atoms with van der Waals surface area (Å²) in [6.45, 7) is 2.08. The maximum Gasteiger partial charge on any atom is 0.343 e. The standard InChI is InChI=1S/C21H18O2/c1-2-16-8-10-19(11-9-16)21(22)23-20-14-12-18(13-15-20)17-6-4-3-5-7-17/h3-15H,2H2,1H3. The summed E-state index contributed by atoms with van der Waals surface area (Å²) in [5.41, 5.74) is 4.00. The van der Waals surface area contributed by atoms with Crippen LogP contribution in [-0.2, 0) is 6.42 Å². The van der Waals surface area contributed by atoms with Crippen LogP contribution in [0.15, 0.2) is 78.9 Å². The van der Waals surface area contributed by atoms with Gasteiger partial charge in [-0.2, -0.15) is 0 Å². The molecule has 2 nitrogen and oxygen atoms in total. The molecule has 0 bridgehead atoms. The minimum Gasteiger partial charge on any atom is -0.423 e. The van der Waals surface area contributed by atoms with Gasteiger partial charge in [-0.3, -0.25) is 0 Å². The van der Waals surface area contributed by atoms with Crippen molar-refractivity contribution in [2.45, 2.75) is 13.3 Å². The number of aryl methyl sites for hydroxylation is 1. The molecule has 3 aromatic rings. The van der Waals surface area contributed by atoms with Crippen molar-refractivity contribution in [3.05, 3.63) is 90.0 Å². The van der Waals surface area contributed by atoms with Crippen LogP contribution >= 0.6 is 0 Å². The van der Waals surface area contributed by atoms with E-state index in [1.807, 2.05) is 54.6 Å². The molecule has 0 aliphatic rings. The summed E-state index contributed by atoms with van der Waals surface area (Å²) in [7, 11) is 0. The molecule has 0 heterocycles. The number of esters is 1. The summed E-state index contributed by atoms with van der Waals surface area (Å²) < 4.78 is 5.43. The Bertz CT molecular complexity index is 772. The van der Waals surface area contributed by atoms with E-state index in [0.29, 0.717) is 11.3 Å². The van der Waals surface area contributed by atoms with Crippen LogP contribution < -0.4 is 4.74 Å². The van der Waals surface area contributed by atoms with Gasteiger partial charge in [0, 0.05) is 0 Å². The van der Waals surface area contributed by atoms with E-state index in [2.05, 4.69) is 19.1 Å². The van der Waals surface area contributed by atoms with Crippen molar-refractivity contribution in [1.82, 2.24) is 0 Å². The highest BCUT2D eigenvalue weighted by Gasteiger charge is 2.08. The second-order valence-electron chi connectivity index (χ2n) is 5.33. The number of carbonyl (C=O) groups excluding carboxylic acids is 1. The molecule has 3 aromatic carbocycles. The fourth-order valence-electron chi connectivity index (χ4n) is 2.39. The maximum absolute atomic E-state index is 12.1. The van der Waals surface area contributed by atoms with Gasteiger partial charge < -0.3 is 4.74 Å². The molecule has 0 aliphatic heterocycles. The van der Waals surface area contributed by atoms with Crippen molar-refractivity contribution in [2.24, 2.45) is 0 Å². The van der Waals surface area contributed by atoms with E-state index in [9.17, 15) is 4.79 Å². The molecule has 0 aliphatic carbocycles. The number of ether oxygens (including phenoxy) is 1. The van der Waals surface area contributed by atoms with E-state index in [1.54, 1.807) is 12.1 Å². The van der Waals surface area contributed by atoms with E-state index >= 15 is 0 Å². The second-order valence-corrected chi connectivity index (χ2v) is 5.33. The number of rotatable bonds is 4. The van der Waals surface area contributed by atoms with Gasteiger partial charge >= 0.3 is 5.97 Å². The molecule has 114 valence electrons. The molecule has 2 heteroatoms. The Kier molecular flexibility index (Phi) is 4.53. The van der Waals surface area contributed by atoms with Crippen molar-refractivity contribution in [3.63, 3.8) is 0 Å². The van der Waals surface area contributed by atoms with Gasteiger partial charge in [0.2, 0.25) is 0 Å². The normalized spacial score (nSPS) is 10.3. The summed E-state index contributed by atoms with van der Waals surface area (Å²) in [4.78, 5) is 12.1. The SMILES string of the molecule is CCc1ccc(C(=O)Oc2ccc(-c3ccccc3)cc2)cc1. The lowest BCUT2D eigenvalue weighted by molar-refractivity contribution is 0.0735. The predicted molar refractivity (Wildman–Crippen MR) is 92.7 cm³/mol. The minimum atomic E-state index is -0.333. The molecule has 0 atom stereocenters. The van der Waals surface area contributed by atoms with Crippen LogP contribution in [0.3, 0.4) is 0 Å². The molecule has 0 fully saturated rings. The quantitative estimate of drug-likeness (QED) is 0.493. The zero-order valence-electron chi connectivity index (χ0n) is 13.0. The lowest BCUT2D eigenvalue weighted by atomic mass is 10.1. The third kappa shape index (κ3) is 3.67. The molecular formula is C21H18O2. The van der Waals surface area contributed by atoms with Crippen LogP contribution in [0.25, 0.3) is 11.1 Å². The first-order valence-electron chi connectivity index (χ1n) is 7.73. The van der Waals surface area contributed by atoms with Gasteiger partial charge in [-0.1, -0.05) is 61.5 Å². The average Bonchev–Trinajstić information content (AvgIpc) is 2.63. The van der Waals surface area contributed by atoms with Crippen LogP contribution in [0.1, 0.15) is 22.8 Å². The summed E-state index contributed by atoms with van der Waals surface area (Å²) in [6.07, 6.45) is 0.955. The lowest BCUT2D eigenvalue weighted by Crippen LogP contribution is -2.08. The number of hydrogen-bond donors (Lipinski definition) is 0. The maximum atomic E-state index is 12.1. The van der Waals surface area contributed by atoms with Gasteiger partial charge in [0.1, 0.15) is 5.75 Å². The Morgan fingerprint density at radius 3 is 2.00 bits per heavy atom. The van der Waals surface area contributed by atoms with Crippen molar-refractivity contribution < 1.29 is 9.53 Å². The van der Waals surface area contributed by atoms with Crippen LogP contribution in [0.5, 0.6) is 5.75 Å². The lowest BCUT2D eigenvalue weighted by Gasteiger charge is -2.06. The first kappa shape index (κ1) is 15.0. The Balaban J connectivity index is 1.71. The van der Waals surface area contributed by atoms with E-state index in [0.717, 1.165) is 17.5 Å². The molecule has 0 radical (unpaired) electrons. The van der Waals surface area contributed by atoms with Gasteiger partial charge in [0.15, 0.2) is 0 Å². The van der Waals surface area contributed by atoms with E-state index in [1.165, 1.54) is 5.56 Å². The van der Waals surface area contributed by atoms with E-state index in [-0.39, 0.29) is 5.97 Å². The Hall–Kier alpha value is -2.87. The summed E-state index contributed by atoms with van der Waals surface area (Å²) in [6, 6.07) is 25.2. The van der Waals surface area contributed by atoms with Crippen molar-refractivity contribution in [2.75, 3.05) is 0 Å². The molecule has 0 amide bonds. The Morgan fingerprint density at radius 2 is 1.39 bits per heavy atom. The number of hydrogen-bond acceptors (Lipinski definition) is 2. The van der Waals surface area contributed by atoms with Gasteiger partial charge in [0.05, 0.1) is 5.56 Å². The molecule has 0 unspecified atom stereocenters. The zero-order valence-corrected chi connectivity index (χ0v) is 13.0.